The van der Waals surface area contributed by atoms with Gasteiger partial charge in [0.05, 0.1) is 13.5 Å². The first-order valence-corrected chi connectivity index (χ1v) is 7.84. The molecule has 1 heterocycles. The number of benzene rings is 2. The van der Waals surface area contributed by atoms with Gasteiger partial charge in [0.1, 0.15) is 0 Å². The smallest absolute Gasteiger partial charge is 0.309 e. The Morgan fingerprint density at radius 3 is 2.78 bits per heavy atom. The van der Waals surface area contributed by atoms with E-state index in [9.17, 15) is 4.79 Å². The number of rotatable bonds is 5. The molecule has 6 heteroatoms. The minimum absolute atomic E-state index is 0.247. The van der Waals surface area contributed by atoms with Crippen LogP contribution in [0, 0.1) is 0 Å². The summed E-state index contributed by atoms with van der Waals surface area (Å²) in [6, 6.07) is 17.4. The van der Waals surface area contributed by atoms with Crippen LogP contribution < -0.4 is 5.32 Å². The lowest BCUT2D eigenvalue weighted by molar-refractivity contribution is -0.139. The highest BCUT2D eigenvalue weighted by atomic mass is 32.1. The molecule has 0 unspecified atom stereocenters. The number of nitrogens with zero attached hydrogens (tertiary/aromatic N) is 2. The van der Waals surface area contributed by atoms with E-state index < -0.39 is 0 Å². The summed E-state index contributed by atoms with van der Waals surface area (Å²) in [5.41, 5.74) is 2.73. The third-order valence-electron chi connectivity index (χ3n) is 3.21. The fourth-order valence-corrected chi connectivity index (χ4v) is 2.71. The molecular weight excluding hydrogens is 310 g/mol. The third kappa shape index (κ3) is 3.92. The molecule has 5 nitrogen and oxygen atoms in total. The van der Waals surface area contributed by atoms with Crippen LogP contribution in [0.2, 0.25) is 0 Å². The second-order valence-corrected chi connectivity index (χ2v) is 5.62. The Bertz CT molecular complexity index is 802. The number of esters is 1. The number of carbonyl (C=O) groups excluding carboxylic acids is 1. The molecule has 0 fully saturated rings. The molecule has 0 atom stereocenters. The van der Waals surface area contributed by atoms with Gasteiger partial charge in [-0.15, -0.1) is 0 Å². The number of nitrogens with one attached hydrogen (secondary N) is 1. The Morgan fingerprint density at radius 2 is 2.00 bits per heavy atom. The van der Waals surface area contributed by atoms with Gasteiger partial charge in [-0.25, -0.2) is 0 Å². The van der Waals surface area contributed by atoms with Gasteiger partial charge in [-0.2, -0.15) is 9.36 Å². The summed E-state index contributed by atoms with van der Waals surface area (Å²) in [6.07, 6.45) is 0.247. The van der Waals surface area contributed by atoms with E-state index in [0.717, 1.165) is 16.8 Å². The molecule has 0 saturated heterocycles. The minimum atomic E-state index is -0.260. The van der Waals surface area contributed by atoms with Crippen LogP contribution in [-0.2, 0) is 16.0 Å². The van der Waals surface area contributed by atoms with Crippen molar-refractivity contribution in [2.24, 2.45) is 0 Å². The maximum Gasteiger partial charge on any atom is 0.309 e. The number of anilines is 2. The molecule has 0 amide bonds. The summed E-state index contributed by atoms with van der Waals surface area (Å²) >= 11 is 1.30. The average molecular weight is 325 g/mol. The molecule has 0 saturated carbocycles. The molecule has 116 valence electrons. The minimum Gasteiger partial charge on any atom is -0.469 e. The summed E-state index contributed by atoms with van der Waals surface area (Å²) in [5.74, 6) is 0.438. The Hall–Kier alpha value is -2.73. The van der Waals surface area contributed by atoms with Gasteiger partial charge in [0.25, 0.3) is 0 Å². The predicted molar refractivity (Wildman–Crippen MR) is 90.8 cm³/mol. The van der Waals surface area contributed by atoms with Crippen molar-refractivity contribution < 1.29 is 9.53 Å². The monoisotopic (exact) mass is 325 g/mol. The maximum absolute atomic E-state index is 11.3. The lowest BCUT2D eigenvalue weighted by Crippen LogP contribution is -2.04. The van der Waals surface area contributed by atoms with Gasteiger partial charge in [-0.3, -0.25) is 4.79 Å². The molecule has 3 rings (SSSR count). The molecule has 2 aromatic carbocycles. The Morgan fingerprint density at radius 1 is 1.17 bits per heavy atom. The molecule has 23 heavy (non-hydrogen) atoms. The lowest BCUT2D eigenvalue weighted by Gasteiger charge is -2.05. The van der Waals surface area contributed by atoms with Crippen molar-refractivity contribution in [2.75, 3.05) is 12.4 Å². The number of ether oxygens (including phenoxy) is 1. The zero-order valence-electron chi connectivity index (χ0n) is 12.5. The van der Waals surface area contributed by atoms with Crippen LogP contribution in [0.1, 0.15) is 5.56 Å². The fourth-order valence-electron chi connectivity index (χ4n) is 2.10. The highest BCUT2D eigenvalue weighted by Gasteiger charge is 2.08. The molecule has 3 aromatic rings. The first-order chi connectivity index (χ1) is 11.2. The van der Waals surface area contributed by atoms with Crippen molar-refractivity contribution in [3.63, 3.8) is 0 Å². The molecule has 0 aliphatic carbocycles. The number of hydrogen-bond donors (Lipinski definition) is 1. The summed E-state index contributed by atoms with van der Waals surface area (Å²) < 4.78 is 9.05. The summed E-state index contributed by atoms with van der Waals surface area (Å²) in [5, 5.41) is 3.93. The van der Waals surface area contributed by atoms with Crippen LogP contribution >= 0.6 is 11.5 Å². The van der Waals surface area contributed by atoms with Gasteiger partial charge < -0.3 is 10.1 Å². The Balaban J connectivity index is 1.74. The first kappa shape index (κ1) is 15.2. The van der Waals surface area contributed by atoms with Gasteiger partial charge in [0.2, 0.25) is 5.13 Å². The summed E-state index contributed by atoms with van der Waals surface area (Å²) in [7, 11) is 1.39. The van der Waals surface area contributed by atoms with E-state index >= 15 is 0 Å². The van der Waals surface area contributed by atoms with Crippen molar-refractivity contribution >= 4 is 28.3 Å². The molecule has 0 bridgehead atoms. The van der Waals surface area contributed by atoms with Gasteiger partial charge >= 0.3 is 5.97 Å². The zero-order chi connectivity index (χ0) is 16.1. The molecule has 0 spiro atoms. The predicted octanol–water partition coefficient (Wildman–Crippen LogP) is 3.66. The number of methoxy groups -OCH3 is 1. The SMILES string of the molecule is COC(=O)Cc1cccc(Nc2nc(-c3ccccc3)ns2)c1. The molecule has 0 aliphatic heterocycles. The van der Waals surface area contributed by atoms with Crippen LogP contribution in [-0.4, -0.2) is 22.4 Å². The van der Waals surface area contributed by atoms with Crippen molar-refractivity contribution in [1.82, 2.24) is 9.36 Å². The topological polar surface area (TPSA) is 64.1 Å². The fraction of sp³-hybridized carbons (Fsp3) is 0.118. The van der Waals surface area contributed by atoms with Crippen LogP contribution in [0.25, 0.3) is 11.4 Å². The Labute approximate surface area is 138 Å². The first-order valence-electron chi connectivity index (χ1n) is 7.06. The van der Waals surface area contributed by atoms with E-state index in [2.05, 4.69) is 19.4 Å². The van der Waals surface area contributed by atoms with Gasteiger partial charge in [-0.05, 0) is 17.7 Å². The van der Waals surface area contributed by atoms with Crippen molar-refractivity contribution in [2.45, 2.75) is 6.42 Å². The van der Waals surface area contributed by atoms with Crippen molar-refractivity contribution in [1.29, 1.82) is 0 Å². The van der Waals surface area contributed by atoms with Crippen LogP contribution in [0.3, 0.4) is 0 Å². The summed E-state index contributed by atoms with van der Waals surface area (Å²) in [6.45, 7) is 0. The van der Waals surface area contributed by atoms with Crippen LogP contribution in [0.5, 0.6) is 0 Å². The number of aromatic nitrogens is 2. The Kier molecular flexibility index (Phi) is 4.63. The molecule has 1 N–H and O–H groups in total. The molecule has 0 radical (unpaired) electrons. The van der Waals surface area contributed by atoms with E-state index in [-0.39, 0.29) is 12.4 Å². The van der Waals surface area contributed by atoms with Gasteiger partial charge in [0.15, 0.2) is 5.82 Å². The second-order valence-electron chi connectivity index (χ2n) is 4.87. The quantitative estimate of drug-likeness (QED) is 0.725. The van der Waals surface area contributed by atoms with E-state index in [1.165, 1.54) is 18.6 Å². The van der Waals surface area contributed by atoms with E-state index in [1.54, 1.807) is 0 Å². The number of carbonyl (C=O) groups is 1. The maximum atomic E-state index is 11.3. The van der Waals surface area contributed by atoms with E-state index in [4.69, 9.17) is 0 Å². The number of hydrogen-bond acceptors (Lipinski definition) is 6. The second kappa shape index (κ2) is 7.02. The normalized spacial score (nSPS) is 10.3. The zero-order valence-corrected chi connectivity index (χ0v) is 13.3. The average Bonchev–Trinajstić information content (AvgIpc) is 3.04. The standard InChI is InChI=1S/C17H15N3O2S/c1-22-15(21)11-12-6-5-9-14(10-12)18-17-19-16(20-23-17)13-7-3-2-4-8-13/h2-10H,11H2,1H3,(H,18,19,20). The molecular formula is C17H15N3O2S. The van der Waals surface area contributed by atoms with Crippen LogP contribution in [0.15, 0.2) is 54.6 Å². The van der Waals surface area contributed by atoms with Gasteiger partial charge in [-0.1, -0.05) is 42.5 Å². The molecule has 1 aromatic heterocycles. The highest BCUT2D eigenvalue weighted by molar-refractivity contribution is 7.09. The lowest BCUT2D eigenvalue weighted by atomic mass is 10.1. The summed E-state index contributed by atoms with van der Waals surface area (Å²) in [4.78, 5) is 15.8. The molecule has 0 aliphatic rings. The van der Waals surface area contributed by atoms with E-state index in [1.807, 2.05) is 54.6 Å². The largest absolute Gasteiger partial charge is 0.469 e. The third-order valence-corrected chi connectivity index (χ3v) is 3.84. The van der Waals surface area contributed by atoms with Crippen molar-refractivity contribution in [3.8, 4) is 11.4 Å². The highest BCUT2D eigenvalue weighted by Crippen LogP contribution is 2.24. The van der Waals surface area contributed by atoms with Gasteiger partial charge in [0, 0.05) is 22.8 Å². The van der Waals surface area contributed by atoms with Crippen molar-refractivity contribution in [3.05, 3.63) is 60.2 Å². The van der Waals surface area contributed by atoms with E-state index in [0.29, 0.717) is 11.0 Å². The van der Waals surface area contributed by atoms with Crippen LogP contribution in [0.4, 0.5) is 10.8 Å².